The summed E-state index contributed by atoms with van der Waals surface area (Å²) in [4.78, 5) is 24.9. The average molecular weight is 462 g/mol. The number of carbonyl (C=O) groups excluding carboxylic acids is 2. The molecule has 0 aliphatic carbocycles. The normalized spacial score (nSPS) is 16.4. The number of nitrogens with zero attached hydrogens (tertiary/aromatic N) is 1. The van der Waals surface area contributed by atoms with Crippen molar-refractivity contribution in [2.24, 2.45) is 0 Å². The molecule has 10 heteroatoms. The minimum absolute atomic E-state index is 0.133. The van der Waals surface area contributed by atoms with Crippen LogP contribution in [0.5, 0.6) is 11.5 Å². The Kier molecular flexibility index (Phi) is 7.70. The summed E-state index contributed by atoms with van der Waals surface area (Å²) in [5.41, 5.74) is 5.52. The number of aryl methyl sites for hydroxylation is 1. The van der Waals surface area contributed by atoms with Crippen LogP contribution >= 0.6 is 0 Å². The SMILES string of the molecule is CCOc1ccccc1OCC(=O)NNC(=O)[C@@H]1CCCN1S(=O)(=O)c1ccc(C)cc1. The van der Waals surface area contributed by atoms with Gasteiger partial charge in [0.25, 0.3) is 11.8 Å². The third kappa shape index (κ3) is 5.57. The minimum atomic E-state index is -3.82. The summed E-state index contributed by atoms with van der Waals surface area (Å²) in [6, 6.07) is 12.5. The Labute approximate surface area is 187 Å². The predicted octanol–water partition coefficient (Wildman–Crippen LogP) is 1.77. The molecule has 0 radical (unpaired) electrons. The zero-order chi connectivity index (χ0) is 23.1. The van der Waals surface area contributed by atoms with Gasteiger partial charge in [0.05, 0.1) is 11.5 Å². The summed E-state index contributed by atoms with van der Waals surface area (Å²) in [5, 5.41) is 0. The van der Waals surface area contributed by atoms with Gasteiger partial charge in [0.15, 0.2) is 18.1 Å². The summed E-state index contributed by atoms with van der Waals surface area (Å²) in [7, 11) is -3.82. The van der Waals surface area contributed by atoms with Gasteiger partial charge in [0.1, 0.15) is 6.04 Å². The maximum atomic E-state index is 13.0. The lowest BCUT2D eigenvalue weighted by atomic mass is 10.2. The van der Waals surface area contributed by atoms with Crippen molar-refractivity contribution < 1.29 is 27.5 Å². The Morgan fingerprint density at radius 3 is 2.34 bits per heavy atom. The van der Waals surface area contributed by atoms with Gasteiger partial charge in [-0.1, -0.05) is 29.8 Å². The van der Waals surface area contributed by atoms with Crippen LogP contribution in [0.15, 0.2) is 53.4 Å². The van der Waals surface area contributed by atoms with E-state index in [0.717, 1.165) is 5.56 Å². The van der Waals surface area contributed by atoms with Crippen molar-refractivity contribution >= 4 is 21.8 Å². The number of benzene rings is 2. The van der Waals surface area contributed by atoms with Crippen LogP contribution in [0, 0.1) is 6.92 Å². The molecule has 3 rings (SSSR count). The topological polar surface area (TPSA) is 114 Å². The van der Waals surface area contributed by atoms with E-state index >= 15 is 0 Å². The highest BCUT2D eigenvalue weighted by Gasteiger charge is 2.39. The smallest absolute Gasteiger partial charge is 0.276 e. The van der Waals surface area contributed by atoms with Gasteiger partial charge in [-0.2, -0.15) is 4.31 Å². The van der Waals surface area contributed by atoms with E-state index in [4.69, 9.17) is 9.47 Å². The molecule has 1 aliphatic rings. The molecule has 1 aliphatic heterocycles. The molecule has 1 atom stereocenters. The van der Waals surface area contributed by atoms with Gasteiger partial charge in [0, 0.05) is 6.54 Å². The molecule has 0 aromatic heterocycles. The number of hydrazine groups is 1. The van der Waals surface area contributed by atoms with Crippen LogP contribution in [0.1, 0.15) is 25.3 Å². The summed E-state index contributed by atoms with van der Waals surface area (Å²) >= 11 is 0. The van der Waals surface area contributed by atoms with Crippen molar-refractivity contribution in [1.29, 1.82) is 0 Å². The predicted molar refractivity (Wildman–Crippen MR) is 117 cm³/mol. The molecule has 0 bridgehead atoms. The fraction of sp³-hybridized carbons (Fsp3) is 0.364. The monoisotopic (exact) mass is 461 g/mol. The Balaban J connectivity index is 1.56. The summed E-state index contributed by atoms with van der Waals surface area (Å²) in [5.74, 6) is -0.270. The van der Waals surface area contributed by atoms with Gasteiger partial charge in [-0.15, -0.1) is 0 Å². The summed E-state index contributed by atoms with van der Waals surface area (Å²) in [6.07, 6.45) is 0.916. The Morgan fingerprint density at radius 1 is 1.03 bits per heavy atom. The van der Waals surface area contributed by atoms with Crippen LogP contribution in [0.25, 0.3) is 0 Å². The molecular formula is C22H27N3O6S. The number of hydrogen-bond acceptors (Lipinski definition) is 6. The Hall–Kier alpha value is -3.11. The van der Waals surface area contributed by atoms with Gasteiger partial charge in [-0.25, -0.2) is 8.42 Å². The molecule has 2 aromatic carbocycles. The molecule has 2 amide bonds. The third-order valence-corrected chi connectivity index (χ3v) is 6.89. The number of ether oxygens (including phenoxy) is 2. The van der Waals surface area contributed by atoms with E-state index in [1.54, 1.807) is 36.4 Å². The van der Waals surface area contributed by atoms with Crippen LogP contribution in [0.4, 0.5) is 0 Å². The van der Waals surface area contributed by atoms with Crippen molar-refractivity contribution in [1.82, 2.24) is 15.2 Å². The first-order valence-corrected chi connectivity index (χ1v) is 11.8. The molecule has 172 valence electrons. The molecule has 32 heavy (non-hydrogen) atoms. The molecule has 1 saturated heterocycles. The Bertz CT molecular complexity index is 1060. The average Bonchev–Trinajstić information content (AvgIpc) is 3.28. The quantitative estimate of drug-likeness (QED) is 0.579. The summed E-state index contributed by atoms with van der Waals surface area (Å²) in [6.45, 7) is 4.04. The minimum Gasteiger partial charge on any atom is -0.490 e. The number of para-hydroxylation sites is 2. The van der Waals surface area contributed by atoms with Gasteiger partial charge in [-0.05, 0) is 51.0 Å². The van der Waals surface area contributed by atoms with E-state index in [-0.39, 0.29) is 18.0 Å². The number of hydrogen-bond donors (Lipinski definition) is 2. The van der Waals surface area contributed by atoms with Crippen molar-refractivity contribution in [2.75, 3.05) is 19.8 Å². The van der Waals surface area contributed by atoms with Crippen LogP contribution < -0.4 is 20.3 Å². The van der Waals surface area contributed by atoms with Gasteiger partial charge in [-0.3, -0.25) is 20.4 Å². The van der Waals surface area contributed by atoms with Crippen LogP contribution in [0.3, 0.4) is 0 Å². The highest BCUT2D eigenvalue weighted by Crippen LogP contribution is 2.27. The van der Waals surface area contributed by atoms with Crippen molar-refractivity contribution in [3.63, 3.8) is 0 Å². The second-order valence-electron chi connectivity index (χ2n) is 7.29. The van der Waals surface area contributed by atoms with E-state index in [1.165, 1.54) is 16.4 Å². The highest BCUT2D eigenvalue weighted by atomic mass is 32.2. The molecule has 2 N–H and O–H groups in total. The number of carbonyl (C=O) groups is 2. The maximum absolute atomic E-state index is 13.0. The van der Waals surface area contributed by atoms with Crippen LogP contribution in [-0.4, -0.2) is 50.3 Å². The number of amides is 2. The molecule has 1 fully saturated rings. The molecule has 2 aromatic rings. The number of sulfonamides is 1. The molecule has 0 spiro atoms. The molecule has 9 nitrogen and oxygen atoms in total. The van der Waals surface area contributed by atoms with E-state index in [2.05, 4.69) is 10.9 Å². The Morgan fingerprint density at radius 2 is 1.69 bits per heavy atom. The van der Waals surface area contributed by atoms with Crippen molar-refractivity contribution in [2.45, 2.75) is 37.6 Å². The molecule has 1 heterocycles. The fourth-order valence-corrected chi connectivity index (χ4v) is 5.03. The first-order valence-electron chi connectivity index (χ1n) is 10.3. The van der Waals surface area contributed by atoms with Crippen molar-refractivity contribution in [3.05, 3.63) is 54.1 Å². The summed E-state index contributed by atoms with van der Waals surface area (Å²) < 4.78 is 38.0. The zero-order valence-corrected chi connectivity index (χ0v) is 18.9. The number of nitrogens with one attached hydrogen (secondary N) is 2. The standard InChI is InChI=1S/C22H27N3O6S/c1-3-30-19-8-4-5-9-20(19)31-15-21(26)23-24-22(27)18-7-6-14-25(18)32(28,29)17-12-10-16(2)11-13-17/h4-5,8-13,18H,3,6-7,14-15H2,1-2H3,(H,23,26)(H,24,27)/t18-/m0/s1. The third-order valence-electron chi connectivity index (χ3n) is 4.97. The lowest BCUT2D eigenvalue weighted by molar-refractivity contribution is -0.131. The van der Waals surface area contributed by atoms with Gasteiger partial charge in [0.2, 0.25) is 10.0 Å². The fourth-order valence-electron chi connectivity index (χ4n) is 3.37. The maximum Gasteiger partial charge on any atom is 0.276 e. The molecule has 0 saturated carbocycles. The zero-order valence-electron chi connectivity index (χ0n) is 18.0. The second-order valence-corrected chi connectivity index (χ2v) is 9.18. The van der Waals surface area contributed by atoms with Crippen LogP contribution in [0.2, 0.25) is 0 Å². The van der Waals surface area contributed by atoms with Crippen LogP contribution in [-0.2, 0) is 19.6 Å². The van der Waals surface area contributed by atoms with E-state index in [9.17, 15) is 18.0 Å². The van der Waals surface area contributed by atoms with Gasteiger partial charge < -0.3 is 9.47 Å². The molecule has 0 unspecified atom stereocenters. The number of rotatable bonds is 8. The lowest BCUT2D eigenvalue weighted by Gasteiger charge is -2.23. The van der Waals surface area contributed by atoms with E-state index in [1.807, 2.05) is 13.8 Å². The van der Waals surface area contributed by atoms with E-state index < -0.39 is 27.9 Å². The van der Waals surface area contributed by atoms with E-state index in [0.29, 0.717) is 30.9 Å². The largest absolute Gasteiger partial charge is 0.490 e. The van der Waals surface area contributed by atoms with Crippen molar-refractivity contribution in [3.8, 4) is 11.5 Å². The van der Waals surface area contributed by atoms with Gasteiger partial charge >= 0.3 is 0 Å². The second kappa shape index (κ2) is 10.5. The highest BCUT2D eigenvalue weighted by molar-refractivity contribution is 7.89. The first kappa shape index (κ1) is 23.6. The molecular weight excluding hydrogens is 434 g/mol. The first-order chi connectivity index (χ1) is 15.3. The lowest BCUT2D eigenvalue weighted by Crippen LogP contribution is -2.52.